The predicted molar refractivity (Wildman–Crippen MR) is 289 cm³/mol. The van der Waals surface area contributed by atoms with E-state index in [4.69, 9.17) is 10.7 Å². The molecule has 0 amide bonds. The van der Waals surface area contributed by atoms with Gasteiger partial charge < -0.3 is 16.0 Å². The maximum atomic E-state index is 12.9. The van der Waals surface area contributed by atoms with Crippen molar-refractivity contribution in [3.05, 3.63) is 166 Å². The SMILES string of the molecule is CC(C)(C)CS(=O)(=O)c1nc(-c2nc(NCc3ccccn3)c3c(-c4ccccc4)ccn3n2)cs1.CC(C)(C)CS(=O)(=O)c1nc(-c2nn3ccc(-c4ccccc4)c3c(=O)[nH]2)cs1.NCc1ccccn1. The molecule has 0 saturated heterocycles. The molecule has 2 aromatic carbocycles. The molecule has 10 aromatic rings. The molecule has 17 nitrogen and oxygen atoms in total. The monoisotopic (exact) mass is 1050 g/mol. The molecule has 0 unspecified atom stereocenters. The normalized spacial score (nSPS) is 12.0. The zero-order chi connectivity index (χ0) is 52.0. The van der Waals surface area contributed by atoms with Crippen LogP contribution in [0.1, 0.15) is 52.9 Å². The first-order valence-electron chi connectivity index (χ1n) is 23.0. The molecule has 73 heavy (non-hydrogen) atoms. The molecule has 0 spiro atoms. The van der Waals surface area contributed by atoms with Crippen LogP contribution in [0.2, 0.25) is 0 Å². The smallest absolute Gasteiger partial charge is 0.276 e. The van der Waals surface area contributed by atoms with E-state index in [1.165, 1.54) is 4.52 Å². The number of rotatable bonds is 12. The summed E-state index contributed by atoms with van der Waals surface area (Å²) in [4.78, 5) is 37.3. The van der Waals surface area contributed by atoms with Crippen LogP contribution in [-0.4, -0.2) is 77.5 Å². The maximum absolute atomic E-state index is 12.9. The Morgan fingerprint density at radius 3 is 1.60 bits per heavy atom. The summed E-state index contributed by atoms with van der Waals surface area (Å²) < 4.78 is 54.3. The zero-order valence-electron chi connectivity index (χ0n) is 41.0. The largest absolute Gasteiger partial charge is 0.363 e. The summed E-state index contributed by atoms with van der Waals surface area (Å²) in [5.74, 6) is 1.19. The van der Waals surface area contributed by atoms with E-state index < -0.39 is 19.7 Å². The third-order valence-corrected chi connectivity index (χ3v) is 17.6. The summed E-state index contributed by atoms with van der Waals surface area (Å²) >= 11 is 2.13. The molecule has 0 atom stereocenters. The fraction of sp³-hybridized carbons (Fsp3) is 0.231. The van der Waals surface area contributed by atoms with E-state index in [-0.39, 0.29) is 42.4 Å². The van der Waals surface area contributed by atoms with Crippen LogP contribution in [0.5, 0.6) is 0 Å². The number of sulfone groups is 2. The van der Waals surface area contributed by atoms with Gasteiger partial charge in [-0.3, -0.25) is 14.8 Å². The second kappa shape index (κ2) is 21.8. The van der Waals surface area contributed by atoms with Gasteiger partial charge in [-0.05, 0) is 58.4 Å². The Morgan fingerprint density at radius 1 is 0.603 bits per heavy atom. The number of hydrogen-bond donors (Lipinski definition) is 3. The van der Waals surface area contributed by atoms with Gasteiger partial charge in [0.25, 0.3) is 5.56 Å². The van der Waals surface area contributed by atoms with Crippen LogP contribution >= 0.6 is 22.7 Å². The van der Waals surface area contributed by atoms with Crippen molar-refractivity contribution in [3.8, 4) is 45.3 Å². The van der Waals surface area contributed by atoms with Gasteiger partial charge in [0.05, 0.1) is 29.4 Å². The molecule has 0 aliphatic rings. The lowest BCUT2D eigenvalue weighted by Gasteiger charge is -2.16. The highest BCUT2D eigenvalue weighted by atomic mass is 32.2. The highest BCUT2D eigenvalue weighted by Gasteiger charge is 2.29. The third kappa shape index (κ3) is 13.0. The van der Waals surface area contributed by atoms with Crippen LogP contribution in [-0.2, 0) is 32.8 Å². The zero-order valence-corrected chi connectivity index (χ0v) is 44.2. The molecular formula is C52H54N12O5S4. The molecule has 0 fully saturated rings. The van der Waals surface area contributed by atoms with Crippen LogP contribution in [0.25, 0.3) is 56.3 Å². The van der Waals surface area contributed by atoms with Gasteiger partial charge in [-0.25, -0.2) is 40.8 Å². The Labute approximate surface area is 431 Å². The van der Waals surface area contributed by atoms with E-state index in [2.05, 4.69) is 40.4 Å². The predicted octanol–water partition coefficient (Wildman–Crippen LogP) is 9.52. The second-order valence-corrected chi connectivity index (χ2v) is 25.2. The molecule has 10 rings (SSSR count). The molecule has 4 N–H and O–H groups in total. The number of aromatic nitrogens is 10. The number of nitrogens with two attached hydrogens (primary N) is 1. The summed E-state index contributed by atoms with van der Waals surface area (Å²) in [5.41, 5.74) is 11.7. The van der Waals surface area contributed by atoms with E-state index >= 15 is 0 Å². The van der Waals surface area contributed by atoms with Gasteiger partial charge in [-0.15, -0.1) is 32.9 Å². The summed E-state index contributed by atoms with van der Waals surface area (Å²) in [7, 11) is -7.02. The van der Waals surface area contributed by atoms with Gasteiger partial charge in [-0.1, -0.05) is 114 Å². The second-order valence-electron chi connectivity index (χ2n) is 19.2. The minimum absolute atomic E-state index is 0.00598. The molecule has 376 valence electrons. The number of fused-ring (bicyclic) bond motifs is 2. The van der Waals surface area contributed by atoms with Gasteiger partial charge >= 0.3 is 0 Å². The number of benzene rings is 2. The van der Waals surface area contributed by atoms with Crippen molar-refractivity contribution in [1.82, 2.24) is 49.1 Å². The maximum Gasteiger partial charge on any atom is 0.276 e. The number of H-pyrrole nitrogens is 1. The molecule has 21 heteroatoms. The number of nitrogens with one attached hydrogen (secondary N) is 2. The first-order valence-corrected chi connectivity index (χ1v) is 28.1. The Bertz CT molecular complexity index is 3750. The minimum atomic E-state index is -3.51. The molecular weight excluding hydrogens is 1000 g/mol. The number of nitrogens with zero attached hydrogens (tertiary/aromatic N) is 9. The topological polar surface area (TPSA) is 238 Å². The lowest BCUT2D eigenvalue weighted by Crippen LogP contribution is -2.20. The van der Waals surface area contributed by atoms with Gasteiger partial charge in [-0.2, -0.15) is 0 Å². The highest BCUT2D eigenvalue weighted by molar-refractivity contribution is 7.93. The summed E-state index contributed by atoms with van der Waals surface area (Å²) in [6.07, 6.45) is 7.07. The lowest BCUT2D eigenvalue weighted by molar-refractivity contribution is 0.460. The molecule has 0 bridgehead atoms. The van der Waals surface area contributed by atoms with Crippen molar-refractivity contribution >= 4 is 59.2 Å². The molecule has 0 radical (unpaired) electrons. The van der Waals surface area contributed by atoms with Crippen molar-refractivity contribution in [2.24, 2.45) is 16.6 Å². The third-order valence-electron chi connectivity index (χ3n) is 10.5. The van der Waals surface area contributed by atoms with E-state index in [0.717, 1.165) is 61.8 Å². The lowest BCUT2D eigenvalue weighted by atomic mass is 10.0. The average molecular weight is 1060 g/mol. The Morgan fingerprint density at radius 2 is 1.10 bits per heavy atom. The van der Waals surface area contributed by atoms with E-state index in [0.29, 0.717) is 41.6 Å². The van der Waals surface area contributed by atoms with Crippen LogP contribution in [0.3, 0.4) is 0 Å². The summed E-state index contributed by atoms with van der Waals surface area (Å²) in [6.45, 7) is 12.3. The molecule has 8 heterocycles. The van der Waals surface area contributed by atoms with E-state index in [1.807, 2.05) is 157 Å². The number of hydrogen-bond acceptors (Lipinski definition) is 16. The molecule has 0 saturated carbocycles. The highest BCUT2D eigenvalue weighted by Crippen LogP contribution is 2.33. The quantitative estimate of drug-likeness (QED) is 0.103. The Balaban J connectivity index is 0.000000172. The number of pyridine rings is 2. The number of anilines is 1. The van der Waals surface area contributed by atoms with Crippen molar-refractivity contribution in [2.45, 2.75) is 63.3 Å². The average Bonchev–Trinajstić information content (AvgIpc) is 4.21. The summed E-state index contributed by atoms with van der Waals surface area (Å²) in [5, 5.41) is 15.8. The van der Waals surface area contributed by atoms with E-state index in [9.17, 15) is 21.6 Å². The van der Waals surface area contributed by atoms with Crippen molar-refractivity contribution in [3.63, 3.8) is 0 Å². The molecule has 8 aromatic heterocycles. The Hall–Kier alpha value is -7.30. The van der Waals surface area contributed by atoms with Crippen LogP contribution in [0.4, 0.5) is 5.82 Å². The number of aromatic amines is 1. The minimum Gasteiger partial charge on any atom is -0.363 e. The van der Waals surface area contributed by atoms with Gasteiger partial charge in [0.1, 0.15) is 22.4 Å². The molecule has 0 aliphatic heterocycles. The van der Waals surface area contributed by atoms with E-state index in [1.54, 1.807) is 33.9 Å². The number of thiazole rings is 2. The van der Waals surface area contributed by atoms with Gasteiger partial charge in [0.15, 0.2) is 11.6 Å². The van der Waals surface area contributed by atoms with Gasteiger partial charge in [0.2, 0.25) is 34.2 Å². The fourth-order valence-corrected chi connectivity index (χ4v) is 13.4. The summed E-state index contributed by atoms with van der Waals surface area (Å²) in [6, 6.07) is 34.9. The van der Waals surface area contributed by atoms with Crippen molar-refractivity contribution < 1.29 is 16.8 Å². The van der Waals surface area contributed by atoms with Crippen LogP contribution in [0.15, 0.2) is 158 Å². The van der Waals surface area contributed by atoms with Gasteiger partial charge in [0, 0.05) is 53.2 Å². The molecule has 0 aliphatic carbocycles. The van der Waals surface area contributed by atoms with Crippen LogP contribution in [0, 0.1) is 10.8 Å². The van der Waals surface area contributed by atoms with Crippen molar-refractivity contribution in [2.75, 3.05) is 16.8 Å². The first-order chi connectivity index (χ1) is 34.8. The van der Waals surface area contributed by atoms with Crippen molar-refractivity contribution in [1.29, 1.82) is 0 Å². The van der Waals surface area contributed by atoms with Crippen LogP contribution < -0.4 is 16.6 Å². The first kappa shape index (κ1) is 52.0. The fourth-order valence-electron chi connectivity index (χ4n) is 7.58. The Kier molecular flexibility index (Phi) is 15.6. The standard InChI is InChI=1S/C26H26N6O2S2.C20H20N4O3S2.C6H8N2/c1-26(2,3)17-36(33,34)25-29-21(16-35-25)23-30-24(28-15-19-11-7-8-13-27-19)22-20(12-14-32(22)31-23)18-9-5-4-6-10-18;1-20(2,3)12-29(26,27)19-21-15(11-28-19)17-22-18(25)16-14(9-10-24(16)23-17)13-7-5-4-6-8-13;7-5-6-3-1-2-4-8-6/h4-14,16H,15,17H2,1-3H3,(H,28,30,31);4-11H,12H2,1-3H3,(H,22,23,25);1-4H,5,7H2.